The van der Waals surface area contributed by atoms with E-state index in [-0.39, 0.29) is 12.1 Å². The van der Waals surface area contributed by atoms with Crippen LogP contribution in [0.3, 0.4) is 0 Å². The van der Waals surface area contributed by atoms with Gasteiger partial charge in [0.05, 0.1) is 24.5 Å². The molecule has 0 radical (unpaired) electrons. The third-order valence-electron chi connectivity index (χ3n) is 5.56. The largest absolute Gasteiger partial charge is 0.495 e. The van der Waals surface area contributed by atoms with Crippen LogP contribution in [0, 0.1) is 0 Å². The summed E-state index contributed by atoms with van der Waals surface area (Å²) in [7, 11) is 1.70. The maximum absolute atomic E-state index is 5.81. The second-order valence-electron chi connectivity index (χ2n) is 7.31. The lowest BCUT2D eigenvalue weighted by molar-refractivity contribution is 0.412. The first-order chi connectivity index (χ1) is 15.3. The predicted octanol–water partition coefficient (Wildman–Crippen LogP) is 5.06. The quantitative estimate of drug-likeness (QED) is 0.452. The van der Waals surface area contributed by atoms with Gasteiger partial charge in [-0.1, -0.05) is 36.4 Å². The molecular formula is C25H22N4OS. The number of benzene rings is 2. The van der Waals surface area contributed by atoms with Gasteiger partial charge in [0, 0.05) is 23.8 Å². The molecule has 1 aliphatic heterocycles. The molecule has 1 aliphatic rings. The van der Waals surface area contributed by atoms with E-state index in [4.69, 9.17) is 17.0 Å². The van der Waals surface area contributed by atoms with Crippen molar-refractivity contribution in [3.8, 4) is 11.4 Å². The summed E-state index contributed by atoms with van der Waals surface area (Å²) in [6, 6.07) is 28.2. The van der Waals surface area contributed by atoms with Crippen LogP contribution < -0.4 is 15.0 Å². The van der Waals surface area contributed by atoms with Crippen molar-refractivity contribution in [1.29, 1.82) is 0 Å². The van der Waals surface area contributed by atoms with Gasteiger partial charge in [0.1, 0.15) is 11.8 Å². The summed E-state index contributed by atoms with van der Waals surface area (Å²) in [4.78, 5) is 6.81. The van der Waals surface area contributed by atoms with Gasteiger partial charge < -0.3 is 19.5 Å². The molecule has 0 spiro atoms. The summed E-state index contributed by atoms with van der Waals surface area (Å²) in [5, 5.41) is 4.19. The lowest BCUT2D eigenvalue weighted by atomic mass is 10.0. The summed E-state index contributed by atoms with van der Waals surface area (Å²) in [6.45, 7) is 0. The number of pyridine rings is 1. The Morgan fingerprint density at radius 2 is 1.68 bits per heavy atom. The zero-order chi connectivity index (χ0) is 21.2. The third-order valence-corrected chi connectivity index (χ3v) is 5.88. The Hall–Kier alpha value is -3.64. The van der Waals surface area contributed by atoms with E-state index in [1.54, 1.807) is 7.11 Å². The molecule has 0 aliphatic carbocycles. The molecule has 4 aromatic rings. The van der Waals surface area contributed by atoms with Crippen molar-refractivity contribution in [2.24, 2.45) is 0 Å². The number of anilines is 1. The van der Waals surface area contributed by atoms with Gasteiger partial charge in [0.25, 0.3) is 0 Å². The molecule has 5 rings (SSSR count). The molecule has 0 bridgehead atoms. The number of para-hydroxylation sites is 3. The molecular weight excluding hydrogens is 404 g/mol. The van der Waals surface area contributed by atoms with E-state index in [0.29, 0.717) is 5.11 Å². The number of hydrogen-bond donors (Lipinski definition) is 1. The molecule has 3 heterocycles. The minimum Gasteiger partial charge on any atom is -0.495 e. The molecule has 2 atom stereocenters. The topological polar surface area (TPSA) is 42.3 Å². The molecule has 1 saturated heterocycles. The highest BCUT2D eigenvalue weighted by atomic mass is 32.1. The van der Waals surface area contributed by atoms with Gasteiger partial charge in [-0.3, -0.25) is 4.98 Å². The van der Waals surface area contributed by atoms with Crippen molar-refractivity contribution in [2.75, 3.05) is 12.0 Å². The van der Waals surface area contributed by atoms with Crippen LogP contribution in [-0.2, 0) is 0 Å². The van der Waals surface area contributed by atoms with Gasteiger partial charge in [-0.05, 0) is 60.7 Å². The number of hydrogen-bond acceptors (Lipinski definition) is 3. The van der Waals surface area contributed by atoms with Crippen molar-refractivity contribution >= 4 is 23.0 Å². The molecule has 0 saturated carbocycles. The zero-order valence-corrected chi connectivity index (χ0v) is 17.9. The van der Waals surface area contributed by atoms with Gasteiger partial charge in [-0.25, -0.2) is 0 Å². The minimum absolute atomic E-state index is 0.0929. The summed E-state index contributed by atoms with van der Waals surface area (Å²) in [5.41, 5.74) is 4.06. The summed E-state index contributed by atoms with van der Waals surface area (Å²) in [5.74, 6) is 0.814. The Bertz CT molecular complexity index is 1190. The second-order valence-corrected chi connectivity index (χ2v) is 7.69. The van der Waals surface area contributed by atoms with Crippen molar-refractivity contribution in [3.05, 3.63) is 109 Å². The maximum atomic E-state index is 5.81. The van der Waals surface area contributed by atoms with Crippen LogP contribution in [0.2, 0.25) is 0 Å². The molecule has 1 N–H and O–H groups in total. The second kappa shape index (κ2) is 8.24. The van der Waals surface area contributed by atoms with Gasteiger partial charge in [-0.2, -0.15) is 0 Å². The Balaban J connectivity index is 1.68. The number of nitrogens with one attached hydrogen (secondary N) is 1. The molecule has 5 nitrogen and oxygen atoms in total. The van der Waals surface area contributed by atoms with Crippen LogP contribution in [-0.4, -0.2) is 21.8 Å². The van der Waals surface area contributed by atoms with Crippen LogP contribution in [0.5, 0.6) is 5.75 Å². The fourth-order valence-electron chi connectivity index (χ4n) is 4.21. The number of aromatic nitrogens is 2. The van der Waals surface area contributed by atoms with E-state index in [9.17, 15) is 0 Å². The molecule has 154 valence electrons. The molecule has 0 unspecified atom stereocenters. The van der Waals surface area contributed by atoms with Crippen LogP contribution >= 0.6 is 12.2 Å². The first-order valence-electron chi connectivity index (χ1n) is 10.1. The van der Waals surface area contributed by atoms with E-state index in [1.807, 2.05) is 60.8 Å². The number of ether oxygens (including phenoxy) is 1. The van der Waals surface area contributed by atoms with Crippen molar-refractivity contribution in [1.82, 2.24) is 14.9 Å². The van der Waals surface area contributed by atoms with Crippen LogP contribution in [0.4, 0.5) is 5.69 Å². The third kappa shape index (κ3) is 3.45. The fourth-order valence-corrected chi connectivity index (χ4v) is 4.55. The highest BCUT2D eigenvalue weighted by Crippen LogP contribution is 2.42. The van der Waals surface area contributed by atoms with E-state index in [2.05, 4.69) is 56.3 Å². The maximum Gasteiger partial charge on any atom is 0.174 e. The summed E-state index contributed by atoms with van der Waals surface area (Å²) >= 11 is 5.81. The van der Waals surface area contributed by atoms with Gasteiger partial charge >= 0.3 is 0 Å². The molecule has 2 aromatic carbocycles. The number of nitrogens with zero attached hydrogens (tertiary/aromatic N) is 3. The van der Waals surface area contributed by atoms with Crippen LogP contribution in [0.25, 0.3) is 5.69 Å². The normalized spacial score (nSPS) is 18.1. The molecule has 0 amide bonds. The monoisotopic (exact) mass is 426 g/mol. The molecule has 31 heavy (non-hydrogen) atoms. The number of methoxy groups -OCH3 is 1. The van der Waals surface area contributed by atoms with E-state index >= 15 is 0 Å². The SMILES string of the molecule is COc1ccccc1-n1cccc1[C@H]1[C@@H](c2ccccn2)NC(=S)N1c1ccccc1. The minimum atomic E-state index is -0.0998. The average Bonchev–Trinajstić information content (AvgIpc) is 3.44. The Morgan fingerprint density at radius 3 is 2.45 bits per heavy atom. The van der Waals surface area contributed by atoms with E-state index in [1.165, 1.54) is 0 Å². The summed E-state index contributed by atoms with van der Waals surface area (Å²) in [6.07, 6.45) is 3.88. The van der Waals surface area contributed by atoms with Crippen molar-refractivity contribution < 1.29 is 4.74 Å². The first kappa shape index (κ1) is 19.3. The predicted molar refractivity (Wildman–Crippen MR) is 127 cm³/mol. The van der Waals surface area contributed by atoms with Gasteiger partial charge in [-0.15, -0.1) is 0 Å². The molecule has 2 aromatic heterocycles. The average molecular weight is 427 g/mol. The Morgan fingerprint density at radius 1 is 0.903 bits per heavy atom. The first-order valence-corrected chi connectivity index (χ1v) is 10.5. The number of rotatable bonds is 5. The van der Waals surface area contributed by atoms with E-state index < -0.39 is 0 Å². The standard InChI is InChI=1S/C25H22N4OS/c1-30-22-15-6-5-13-20(22)28-17-9-14-21(28)24-23(19-12-7-8-16-26-19)27-25(31)29(24)18-10-3-2-4-11-18/h2-17,23-24H,1H3,(H,27,31)/t23-,24+/m1/s1. The number of thiocarbonyl (C=S) groups is 1. The van der Waals surface area contributed by atoms with Gasteiger partial charge in [0.2, 0.25) is 0 Å². The fraction of sp³-hybridized carbons (Fsp3) is 0.120. The smallest absolute Gasteiger partial charge is 0.174 e. The van der Waals surface area contributed by atoms with Gasteiger partial charge in [0.15, 0.2) is 5.11 Å². The Labute approximate surface area is 186 Å². The Kier molecular flexibility index (Phi) is 5.14. The van der Waals surface area contributed by atoms with Crippen molar-refractivity contribution in [2.45, 2.75) is 12.1 Å². The highest BCUT2D eigenvalue weighted by molar-refractivity contribution is 7.80. The zero-order valence-electron chi connectivity index (χ0n) is 17.1. The lowest BCUT2D eigenvalue weighted by Gasteiger charge is -2.29. The van der Waals surface area contributed by atoms with E-state index in [0.717, 1.165) is 28.5 Å². The van der Waals surface area contributed by atoms with Crippen LogP contribution in [0.1, 0.15) is 23.5 Å². The molecule has 6 heteroatoms. The van der Waals surface area contributed by atoms with Crippen LogP contribution in [0.15, 0.2) is 97.3 Å². The molecule has 1 fully saturated rings. The lowest BCUT2D eigenvalue weighted by Crippen LogP contribution is -2.30. The summed E-state index contributed by atoms with van der Waals surface area (Å²) < 4.78 is 7.81. The highest BCUT2D eigenvalue weighted by Gasteiger charge is 2.42. The van der Waals surface area contributed by atoms with Crippen molar-refractivity contribution in [3.63, 3.8) is 0 Å².